The van der Waals surface area contributed by atoms with E-state index in [9.17, 15) is 9.59 Å². The normalized spacial score (nSPS) is 17.7. The lowest BCUT2D eigenvalue weighted by molar-refractivity contribution is -0.149. The number of nitrogens with one attached hydrogen (secondary N) is 1. The van der Waals surface area contributed by atoms with Gasteiger partial charge in [-0.2, -0.15) is 0 Å². The van der Waals surface area contributed by atoms with Crippen LogP contribution in [0.3, 0.4) is 0 Å². The standard InChI is InChI=1S/C17H24N2O3/c1-5-9-13-15(20)19(17(3,4)16(21)22-6-2)14-11-8-7-10-12(14)18-13/h7-8,10-11,13,18H,5-6,9H2,1-4H3. The second-order valence-electron chi connectivity index (χ2n) is 5.96. The average Bonchev–Trinajstić information content (AvgIpc) is 2.48. The molecule has 0 aliphatic carbocycles. The Kier molecular flexibility index (Phi) is 4.74. The molecule has 0 spiro atoms. The quantitative estimate of drug-likeness (QED) is 0.850. The summed E-state index contributed by atoms with van der Waals surface area (Å²) in [6, 6.07) is 7.25. The maximum Gasteiger partial charge on any atom is 0.331 e. The van der Waals surface area contributed by atoms with Crippen LogP contribution in [0.15, 0.2) is 24.3 Å². The molecule has 1 aromatic rings. The number of ether oxygens (including phenoxy) is 1. The average molecular weight is 304 g/mol. The zero-order valence-electron chi connectivity index (χ0n) is 13.7. The van der Waals surface area contributed by atoms with Crippen molar-refractivity contribution in [1.82, 2.24) is 0 Å². The zero-order valence-corrected chi connectivity index (χ0v) is 13.7. The second-order valence-corrected chi connectivity index (χ2v) is 5.96. The van der Waals surface area contributed by atoms with Crippen molar-refractivity contribution in [2.75, 3.05) is 16.8 Å². The Morgan fingerprint density at radius 1 is 1.32 bits per heavy atom. The van der Waals surface area contributed by atoms with Gasteiger partial charge < -0.3 is 10.1 Å². The van der Waals surface area contributed by atoms with Crippen molar-refractivity contribution >= 4 is 23.3 Å². The number of amides is 1. The van der Waals surface area contributed by atoms with E-state index in [2.05, 4.69) is 5.32 Å². The van der Waals surface area contributed by atoms with Crippen molar-refractivity contribution in [3.05, 3.63) is 24.3 Å². The summed E-state index contributed by atoms with van der Waals surface area (Å²) in [7, 11) is 0. The molecule has 1 unspecified atom stereocenters. The number of nitrogens with zero attached hydrogens (tertiary/aromatic N) is 1. The first-order chi connectivity index (χ1) is 10.4. The number of rotatable bonds is 5. The van der Waals surface area contributed by atoms with E-state index in [1.807, 2.05) is 31.2 Å². The highest BCUT2D eigenvalue weighted by Gasteiger charge is 2.45. The van der Waals surface area contributed by atoms with Crippen LogP contribution in [0, 0.1) is 0 Å². The summed E-state index contributed by atoms with van der Waals surface area (Å²) in [4.78, 5) is 26.8. The van der Waals surface area contributed by atoms with Crippen LogP contribution in [0.4, 0.5) is 11.4 Å². The van der Waals surface area contributed by atoms with Gasteiger partial charge in [-0.3, -0.25) is 9.69 Å². The lowest BCUT2D eigenvalue weighted by Gasteiger charge is -2.43. The van der Waals surface area contributed by atoms with E-state index in [1.54, 1.807) is 25.7 Å². The molecule has 5 heteroatoms. The van der Waals surface area contributed by atoms with E-state index in [-0.39, 0.29) is 11.9 Å². The molecular formula is C17H24N2O3. The number of hydrogen-bond donors (Lipinski definition) is 1. The van der Waals surface area contributed by atoms with Gasteiger partial charge in [-0.25, -0.2) is 4.79 Å². The van der Waals surface area contributed by atoms with Crippen molar-refractivity contribution in [2.24, 2.45) is 0 Å². The molecule has 1 heterocycles. The molecule has 5 nitrogen and oxygen atoms in total. The third-order valence-electron chi connectivity index (χ3n) is 3.90. The van der Waals surface area contributed by atoms with Crippen molar-refractivity contribution in [3.8, 4) is 0 Å². The highest BCUT2D eigenvalue weighted by atomic mass is 16.5. The first-order valence-corrected chi connectivity index (χ1v) is 7.80. The molecule has 1 atom stereocenters. The molecule has 0 aromatic heterocycles. The molecule has 0 fully saturated rings. The molecule has 0 radical (unpaired) electrons. The molecule has 1 amide bonds. The monoisotopic (exact) mass is 304 g/mol. The number of carbonyl (C=O) groups excluding carboxylic acids is 2. The highest BCUT2D eigenvalue weighted by molar-refractivity contribution is 6.09. The van der Waals surface area contributed by atoms with Gasteiger partial charge in [0.05, 0.1) is 18.0 Å². The summed E-state index contributed by atoms with van der Waals surface area (Å²) in [5, 5.41) is 3.28. The number of hydrogen-bond acceptors (Lipinski definition) is 4. The summed E-state index contributed by atoms with van der Waals surface area (Å²) in [5.74, 6) is -0.478. The highest BCUT2D eigenvalue weighted by Crippen LogP contribution is 2.37. The van der Waals surface area contributed by atoms with Gasteiger partial charge in [-0.05, 0) is 39.3 Å². The van der Waals surface area contributed by atoms with E-state index >= 15 is 0 Å². The van der Waals surface area contributed by atoms with E-state index in [4.69, 9.17) is 4.74 Å². The lowest BCUT2D eigenvalue weighted by atomic mass is 9.96. The third kappa shape index (κ3) is 2.80. The Labute approximate surface area is 131 Å². The Bertz CT molecular complexity index is 569. The van der Waals surface area contributed by atoms with Crippen LogP contribution in [0.5, 0.6) is 0 Å². The number of anilines is 2. The molecule has 2 rings (SSSR count). The van der Waals surface area contributed by atoms with Crippen LogP contribution < -0.4 is 10.2 Å². The Hall–Kier alpha value is -2.04. The molecule has 1 aliphatic rings. The molecule has 120 valence electrons. The van der Waals surface area contributed by atoms with E-state index in [1.165, 1.54) is 0 Å². The fraction of sp³-hybridized carbons (Fsp3) is 0.529. The van der Waals surface area contributed by atoms with Crippen LogP contribution in [-0.2, 0) is 14.3 Å². The second kappa shape index (κ2) is 6.38. The van der Waals surface area contributed by atoms with E-state index in [0.29, 0.717) is 6.61 Å². The Morgan fingerprint density at radius 3 is 2.64 bits per heavy atom. The Balaban J connectivity index is 2.47. The van der Waals surface area contributed by atoms with Gasteiger partial charge in [0, 0.05) is 0 Å². The summed E-state index contributed by atoms with van der Waals surface area (Å²) >= 11 is 0. The predicted octanol–water partition coefficient (Wildman–Crippen LogP) is 2.96. The number of esters is 1. The molecule has 1 N–H and O–H groups in total. The molecule has 0 saturated heterocycles. The van der Waals surface area contributed by atoms with Crippen LogP contribution >= 0.6 is 0 Å². The third-order valence-corrected chi connectivity index (χ3v) is 3.90. The molecule has 1 aromatic carbocycles. The number of carbonyl (C=O) groups is 2. The van der Waals surface area contributed by atoms with E-state index < -0.39 is 11.5 Å². The fourth-order valence-corrected chi connectivity index (χ4v) is 2.77. The molecule has 0 saturated carbocycles. The smallest absolute Gasteiger partial charge is 0.331 e. The van der Waals surface area contributed by atoms with Gasteiger partial charge in [0.2, 0.25) is 0 Å². The van der Waals surface area contributed by atoms with Gasteiger partial charge in [0.1, 0.15) is 11.6 Å². The minimum Gasteiger partial charge on any atom is -0.464 e. The van der Waals surface area contributed by atoms with Crippen molar-refractivity contribution in [3.63, 3.8) is 0 Å². The first kappa shape index (κ1) is 16.3. The SMILES string of the molecule is CCCC1Nc2ccccc2N(C(C)(C)C(=O)OCC)C1=O. The summed E-state index contributed by atoms with van der Waals surface area (Å²) in [5.41, 5.74) is 0.549. The topological polar surface area (TPSA) is 58.6 Å². The summed E-state index contributed by atoms with van der Waals surface area (Å²) in [6.07, 6.45) is 1.61. The van der Waals surface area contributed by atoms with Crippen LogP contribution in [0.1, 0.15) is 40.5 Å². The molecule has 1 aliphatic heterocycles. The predicted molar refractivity (Wildman–Crippen MR) is 87.0 cm³/mol. The fourth-order valence-electron chi connectivity index (χ4n) is 2.77. The van der Waals surface area contributed by atoms with Crippen molar-refractivity contribution in [2.45, 2.75) is 52.1 Å². The van der Waals surface area contributed by atoms with Crippen LogP contribution in [0.25, 0.3) is 0 Å². The maximum absolute atomic E-state index is 12.9. The van der Waals surface area contributed by atoms with Gasteiger partial charge in [0.25, 0.3) is 5.91 Å². The zero-order chi connectivity index (χ0) is 16.3. The summed E-state index contributed by atoms with van der Waals surface area (Å²) in [6.45, 7) is 7.56. The van der Waals surface area contributed by atoms with Crippen molar-refractivity contribution in [1.29, 1.82) is 0 Å². The van der Waals surface area contributed by atoms with Gasteiger partial charge in [-0.15, -0.1) is 0 Å². The number of para-hydroxylation sites is 2. The van der Waals surface area contributed by atoms with E-state index in [0.717, 1.165) is 24.2 Å². The minimum absolute atomic E-state index is 0.0846. The number of fused-ring (bicyclic) bond motifs is 1. The minimum atomic E-state index is -1.04. The molecule has 22 heavy (non-hydrogen) atoms. The Morgan fingerprint density at radius 2 is 2.00 bits per heavy atom. The molecule has 0 bridgehead atoms. The number of benzene rings is 1. The van der Waals surface area contributed by atoms with Gasteiger partial charge >= 0.3 is 5.97 Å². The van der Waals surface area contributed by atoms with Gasteiger partial charge in [0.15, 0.2) is 0 Å². The van der Waals surface area contributed by atoms with Crippen molar-refractivity contribution < 1.29 is 14.3 Å². The molecular weight excluding hydrogens is 280 g/mol. The first-order valence-electron chi connectivity index (χ1n) is 7.80. The summed E-state index contributed by atoms with van der Waals surface area (Å²) < 4.78 is 5.17. The van der Waals surface area contributed by atoms with Crippen LogP contribution in [0.2, 0.25) is 0 Å². The maximum atomic E-state index is 12.9. The lowest BCUT2D eigenvalue weighted by Crippen LogP contribution is -2.60. The van der Waals surface area contributed by atoms with Gasteiger partial charge in [-0.1, -0.05) is 25.5 Å². The largest absolute Gasteiger partial charge is 0.464 e. The van der Waals surface area contributed by atoms with Crippen LogP contribution in [-0.4, -0.2) is 30.1 Å².